The number of carbonyl (C=O) groups is 9. The zero-order chi connectivity index (χ0) is 39.7. The van der Waals surface area contributed by atoms with E-state index in [1.165, 1.54) is 30.9 Å². The van der Waals surface area contributed by atoms with Crippen LogP contribution in [0.5, 0.6) is 0 Å². The van der Waals surface area contributed by atoms with Gasteiger partial charge in [-0.2, -0.15) is 0 Å². The van der Waals surface area contributed by atoms with Crippen molar-refractivity contribution in [2.24, 2.45) is 5.92 Å². The minimum Gasteiger partial charge on any atom is -0.481 e. The number of hydrogen-bond donors (Lipinski definition) is 7. The Bertz CT molecular complexity index is 1370. The number of rotatable bonds is 24. The lowest BCUT2D eigenvalue weighted by Crippen LogP contribution is -2.59. The monoisotopic (exact) mass is 749 g/mol. The molecule has 296 valence electrons. The molecule has 2 heterocycles. The van der Waals surface area contributed by atoms with Crippen LogP contribution in [0.25, 0.3) is 0 Å². The zero-order valence-corrected chi connectivity index (χ0v) is 31.0. The van der Waals surface area contributed by atoms with Crippen molar-refractivity contribution >= 4 is 53.1 Å². The zero-order valence-electron chi connectivity index (χ0n) is 31.0. The molecule has 0 spiro atoms. The van der Waals surface area contributed by atoms with E-state index in [9.17, 15) is 53.4 Å². The van der Waals surface area contributed by atoms with Gasteiger partial charge in [0.25, 0.3) is 11.8 Å². The highest BCUT2D eigenvalue weighted by Crippen LogP contribution is 2.20. The van der Waals surface area contributed by atoms with Crippen LogP contribution in [0.2, 0.25) is 0 Å². The summed E-state index contributed by atoms with van der Waals surface area (Å²) >= 11 is 0. The standard InChI is InChI=1S/C35H55N7O11/c1-21(2)17-24(38-27(45)10-6-5-7-16-42-29(47)12-13-30(42)48)20-41-15-8-9-26(41)34(52)39-25(11-14-31(49)50)33(51)40-32(23(4)44)35(53)37-19-28(46)36-18-22(3)43/h12-13,21,23-26,32,44H,5-11,14-20H2,1-4H3,(H,36,46)(H,37,53)(H,38,45)(H,39,52)(H,40,51)(H,49,50). The minimum absolute atomic E-state index is 0.162. The number of ketones is 1. The summed E-state index contributed by atoms with van der Waals surface area (Å²) in [5.41, 5.74) is 0. The van der Waals surface area contributed by atoms with Crippen LogP contribution in [-0.2, 0) is 43.2 Å². The lowest BCUT2D eigenvalue weighted by atomic mass is 10.0. The first-order valence-corrected chi connectivity index (χ1v) is 18.1. The number of amides is 7. The largest absolute Gasteiger partial charge is 0.481 e. The maximum Gasteiger partial charge on any atom is 0.303 e. The Balaban J connectivity index is 2.00. The summed E-state index contributed by atoms with van der Waals surface area (Å²) in [4.78, 5) is 113. The molecule has 0 aliphatic carbocycles. The Hall–Kier alpha value is -4.71. The van der Waals surface area contributed by atoms with E-state index in [1.807, 2.05) is 18.7 Å². The molecule has 2 aliphatic rings. The normalized spacial score (nSPS) is 17.9. The van der Waals surface area contributed by atoms with Crippen molar-refractivity contribution in [1.29, 1.82) is 0 Å². The van der Waals surface area contributed by atoms with Gasteiger partial charge in [-0.3, -0.25) is 53.0 Å². The van der Waals surface area contributed by atoms with Gasteiger partial charge in [0.2, 0.25) is 29.5 Å². The molecule has 0 saturated carbocycles. The van der Waals surface area contributed by atoms with E-state index in [4.69, 9.17) is 0 Å². The van der Waals surface area contributed by atoms with Gasteiger partial charge in [-0.1, -0.05) is 20.3 Å². The van der Waals surface area contributed by atoms with E-state index < -0.39 is 66.8 Å². The van der Waals surface area contributed by atoms with Crippen molar-refractivity contribution in [2.75, 3.05) is 32.7 Å². The molecule has 1 fully saturated rings. The van der Waals surface area contributed by atoms with Crippen LogP contribution in [0, 0.1) is 5.92 Å². The quantitative estimate of drug-likeness (QED) is 0.0440. The first-order chi connectivity index (χ1) is 25.0. The lowest BCUT2D eigenvalue weighted by molar-refractivity contribution is -0.139. The van der Waals surface area contributed by atoms with Gasteiger partial charge in [-0.25, -0.2) is 0 Å². The van der Waals surface area contributed by atoms with E-state index in [2.05, 4.69) is 26.6 Å². The van der Waals surface area contributed by atoms with E-state index in [0.29, 0.717) is 58.2 Å². The average Bonchev–Trinajstić information content (AvgIpc) is 3.67. The van der Waals surface area contributed by atoms with E-state index in [1.54, 1.807) is 0 Å². The molecule has 7 N–H and O–H groups in total. The second-order valence-corrected chi connectivity index (χ2v) is 13.9. The van der Waals surface area contributed by atoms with E-state index in [0.717, 1.165) is 0 Å². The fraction of sp³-hybridized carbons (Fsp3) is 0.686. The average molecular weight is 750 g/mol. The van der Waals surface area contributed by atoms with Gasteiger partial charge < -0.3 is 36.8 Å². The van der Waals surface area contributed by atoms with E-state index in [-0.39, 0.29) is 54.9 Å². The van der Waals surface area contributed by atoms with Crippen molar-refractivity contribution in [3.63, 3.8) is 0 Å². The number of aliphatic hydroxyl groups excluding tert-OH is 1. The summed E-state index contributed by atoms with van der Waals surface area (Å²) in [6.07, 6.45) is 4.01. The molecule has 2 rings (SSSR count). The Labute approximate surface area is 309 Å². The maximum absolute atomic E-state index is 13.6. The highest BCUT2D eigenvalue weighted by Gasteiger charge is 2.36. The number of likely N-dealkylation sites (tertiary alicyclic amines) is 1. The van der Waals surface area contributed by atoms with Crippen molar-refractivity contribution in [1.82, 2.24) is 36.4 Å². The van der Waals surface area contributed by atoms with Crippen LogP contribution >= 0.6 is 0 Å². The van der Waals surface area contributed by atoms with Crippen LogP contribution in [0.4, 0.5) is 0 Å². The van der Waals surface area contributed by atoms with Crippen LogP contribution < -0.4 is 26.6 Å². The molecule has 0 bridgehead atoms. The number of carbonyl (C=O) groups excluding carboxylic acids is 8. The maximum atomic E-state index is 13.6. The number of Topliss-reactive ketones (excluding diaryl/α,β-unsaturated/α-hetero) is 1. The Kier molecular flexibility index (Phi) is 18.8. The van der Waals surface area contributed by atoms with E-state index >= 15 is 0 Å². The SMILES string of the molecule is CC(=O)CNC(=O)CNC(=O)C(NC(=O)C(CCC(=O)O)NC(=O)C1CCCN1CC(CC(C)C)NC(=O)CCCCCN1C(=O)C=CC1=O)C(C)O. The molecule has 0 aromatic rings. The summed E-state index contributed by atoms with van der Waals surface area (Å²) < 4.78 is 0. The van der Waals surface area contributed by atoms with Gasteiger partial charge in [0.05, 0.1) is 25.2 Å². The second kappa shape index (κ2) is 22.4. The fourth-order valence-corrected chi connectivity index (χ4v) is 6.08. The van der Waals surface area contributed by atoms with Gasteiger partial charge in [0.1, 0.15) is 17.9 Å². The molecule has 7 amide bonds. The van der Waals surface area contributed by atoms with Gasteiger partial charge in [-0.05, 0) is 64.8 Å². The molecule has 2 aliphatic heterocycles. The molecular formula is C35H55N7O11. The predicted molar refractivity (Wildman–Crippen MR) is 189 cm³/mol. The summed E-state index contributed by atoms with van der Waals surface area (Å²) in [6.45, 7) is 6.93. The topological polar surface area (TPSA) is 261 Å². The van der Waals surface area contributed by atoms with Crippen molar-refractivity contribution < 1.29 is 53.4 Å². The Morgan fingerprint density at radius 3 is 2.13 bits per heavy atom. The number of hydrogen-bond acceptors (Lipinski definition) is 11. The molecular weight excluding hydrogens is 694 g/mol. The minimum atomic E-state index is -1.55. The van der Waals surface area contributed by atoms with Gasteiger partial charge >= 0.3 is 5.97 Å². The number of unbranched alkanes of at least 4 members (excludes halogenated alkanes) is 2. The van der Waals surface area contributed by atoms with Crippen molar-refractivity contribution in [3.05, 3.63) is 12.2 Å². The molecule has 0 radical (unpaired) electrons. The highest BCUT2D eigenvalue weighted by atomic mass is 16.4. The van der Waals surface area contributed by atoms with Crippen LogP contribution in [0.15, 0.2) is 12.2 Å². The van der Waals surface area contributed by atoms with Crippen molar-refractivity contribution in [3.8, 4) is 0 Å². The Morgan fingerprint density at radius 1 is 0.849 bits per heavy atom. The number of imide groups is 1. The van der Waals surface area contributed by atoms with Crippen LogP contribution in [0.3, 0.4) is 0 Å². The van der Waals surface area contributed by atoms with Gasteiger partial charge in [0, 0.05) is 44.1 Å². The summed E-state index contributed by atoms with van der Waals surface area (Å²) in [5.74, 6) is -5.18. The molecule has 5 unspecified atom stereocenters. The highest BCUT2D eigenvalue weighted by molar-refractivity contribution is 6.12. The predicted octanol–water partition coefficient (Wildman–Crippen LogP) is -1.50. The third-order valence-electron chi connectivity index (χ3n) is 8.73. The molecule has 1 saturated heterocycles. The number of carboxylic acids is 1. The first-order valence-electron chi connectivity index (χ1n) is 18.1. The third kappa shape index (κ3) is 16.2. The lowest BCUT2D eigenvalue weighted by Gasteiger charge is -2.31. The molecule has 18 heteroatoms. The number of aliphatic carboxylic acids is 1. The molecule has 0 aromatic heterocycles. The Morgan fingerprint density at radius 2 is 1.53 bits per heavy atom. The third-order valence-corrected chi connectivity index (χ3v) is 8.73. The fourth-order valence-electron chi connectivity index (χ4n) is 6.08. The molecule has 5 atom stereocenters. The number of nitrogens with one attached hydrogen (secondary N) is 5. The molecule has 0 aromatic carbocycles. The first kappa shape index (κ1) is 44.5. The van der Waals surface area contributed by atoms with Crippen LogP contribution in [-0.4, -0.2) is 136 Å². The van der Waals surface area contributed by atoms with Gasteiger partial charge in [0.15, 0.2) is 0 Å². The summed E-state index contributed by atoms with van der Waals surface area (Å²) in [7, 11) is 0. The second-order valence-electron chi connectivity index (χ2n) is 13.9. The van der Waals surface area contributed by atoms with Gasteiger partial charge in [-0.15, -0.1) is 0 Å². The summed E-state index contributed by atoms with van der Waals surface area (Å²) in [6, 6.07) is -3.90. The number of carboxylic acid groups (broad SMARTS) is 1. The van der Waals surface area contributed by atoms with Crippen molar-refractivity contribution in [2.45, 2.75) is 116 Å². The molecule has 18 nitrogen and oxygen atoms in total. The number of aliphatic hydroxyl groups is 1. The summed E-state index contributed by atoms with van der Waals surface area (Å²) in [5, 5.41) is 32.1. The van der Waals surface area contributed by atoms with Crippen LogP contribution in [0.1, 0.15) is 85.5 Å². The smallest absolute Gasteiger partial charge is 0.303 e. The number of nitrogens with zero attached hydrogens (tertiary/aromatic N) is 2. The molecule has 53 heavy (non-hydrogen) atoms.